The first-order chi connectivity index (χ1) is 9.64. The molecule has 21 heavy (non-hydrogen) atoms. The fourth-order valence-corrected chi connectivity index (χ4v) is 3.61. The van der Waals surface area contributed by atoms with Gasteiger partial charge >= 0.3 is 0 Å². The Balaban J connectivity index is 3.09. The summed E-state index contributed by atoms with van der Waals surface area (Å²) in [5.41, 5.74) is 5.99. The first-order valence-corrected chi connectivity index (χ1v) is 8.66. The van der Waals surface area contributed by atoms with Crippen molar-refractivity contribution in [3.8, 4) is 0 Å². The molecule has 1 aromatic carbocycles. The average Bonchev–Trinajstić information content (AvgIpc) is 2.36. The third-order valence-corrected chi connectivity index (χ3v) is 5.18. The minimum absolute atomic E-state index is 0.184. The third-order valence-electron chi connectivity index (χ3n) is 2.97. The Morgan fingerprint density at radius 3 is 2.33 bits per heavy atom. The lowest BCUT2D eigenvalue weighted by molar-refractivity contribution is 0.312. The van der Waals surface area contributed by atoms with Crippen LogP contribution in [0.5, 0.6) is 0 Å². The largest absolute Gasteiger partial charge is 0.397 e. The van der Waals surface area contributed by atoms with Crippen LogP contribution >= 0.6 is 11.6 Å². The molecule has 0 heterocycles. The van der Waals surface area contributed by atoms with Crippen LogP contribution in [-0.4, -0.2) is 51.4 Å². The molecular formula is C14H24ClN3O2S. The van der Waals surface area contributed by atoms with Crippen molar-refractivity contribution in [3.05, 3.63) is 23.2 Å². The van der Waals surface area contributed by atoms with Crippen LogP contribution in [0.25, 0.3) is 0 Å². The van der Waals surface area contributed by atoms with Crippen LogP contribution in [0.1, 0.15) is 13.8 Å². The van der Waals surface area contributed by atoms with Gasteiger partial charge in [-0.3, -0.25) is 0 Å². The fourth-order valence-electron chi connectivity index (χ4n) is 1.86. The molecule has 0 radical (unpaired) electrons. The molecule has 0 spiro atoms. The molecule has 0 aliphatic carbocycles. The number of hydrogen-bond acceptors (Lipinski definition) is 4. The number of sulfonamides is 1. The van der Waals surface area contributed by atoms with E-state index >= 15 is 0 Å². The lowest BCUT2D eigenvalue weighted by Gasteiger charge is -2.25. The molecule has 0 fully saturated rings. The summed E-state index contributed by atoms with van der Waals surface area (Å²) in [5, 5.41) is 0.359. The highest BCUT2D eigenvalue weighted by Crippen LogP contribution is 2.24. The Bertz CT molecular complexity index is 574. The number of halogens is 1. The monoisotopic (exact) mass is 333 g/mol. The number of nitrogens with two attached hydrogens (primary N) is 1. The van der Waals surface area contributed by atoms with E-state index in [1.807, 2.05) is 32.8 Å². The zero-order valence-electron chi connectivity index (χ0n) is 13.0. The van der Waals surface area contributed by atoms with E-state index in [-0.39, 0.29) is 16.5 Å². The van der Waals surface area contributed by atoms with Crippen LogP contribution in [0, 0.1) is 5.92 Å². The third kappa shape index (κ3) is 5.14. The Labute approximate surface area is 132 Å². The molecule has 0 atom stereocenters. The topological polar surface area (TPSA) is 66.6 Å². The normalized spacial score (nSPS) is 12.6. The minimum atomic E-state index is -3.56. The van der Waals surface area contributed by atoms with Gasteiger partial charge in [-0.1, -0.05) is 25.4 Å². The summed E-state index contributed by atoms with van der Waals surface area (Å²) >= 11 is 5.86. The summed E-state index contributed by atoms with van der Waals surface area (Å²) in [4.78, 5) is 2.14. The van der Waals surface area contributed by atoms with E-state index in [0.29, 0.717) is 24.7 Å². The Morgan fingerprint density at radius 2 is 1.86 bits per heavy atom. The predicted octanol–water partition coefficient (Wildman–Crippen LogP) is 2.13. The molecule has 0 bridgehead atoms. The van der Waals surface area contributed by atoms with Crippen LogP contribution in [-0.2, 0) is 10.0 Å². The highest BCUT2D eigenvalue weighted by molar-refractivity contribution is 7.89. The van der Waals surface area contributed by atoms with Gasteiger partial charge in [-0.2, -0.15) is 4.31 Å². The van der Waals surface area contributed by atoms with E-state index in [0.717, 1.165) is 0 Å². The second-order valence-electron chi connectivity index (χ2n) is 5.74. The van der Waals surface area contributed by atoms with Gasteiger partial charge in [-0.05, 0) is 38.2 Å². The fraction of sp³-hybridized carbons (Fsp3) is 0.571. The molecule has 0 saturated carbocycles. The first kappa shape index (κ1) is 18.2. The first-order valence-electron chi connectivity index (χ1n) is 6.84. The van der Waals surface area contributed by atoms with Crippen molar-refractivity contribution in [3.63, 3.8) is 0 Å². The zero-order valence-corrected chi connectivity index (χ0v) is 14.6. The van der Waals surface area contributed by atoms with Crippen LogP contribution in [0.15, 0.2) is 23.1 Å². The predicted molar refractivity (Wildman–Crippen MR) is 88.0 cm³/mol. The quantitative estimate of drug-likeness (QED) is 0.776. The molecule has 0 unspecified atom stereocenters. The summed E-state index contributed by atoms with van der Waals surface area (Å²) in [6.07, 6.45) is 0. The number of hydrogen-bond donors (Lipinski definition) is 1. The molecule has 1 rings (SSSR count). The van der Waals surface area contributed by atoms with Gasteiger partial charge in [0.2, 0.25) is 10.0 Å². The van der Waals surface area contributed by atoms with Gasteiger partial charge in [-0.15, -0.1) is 0 Å². The van der Waals surface area contributed by atoms with Crippen molar-refractivity contribution < 1.29 is 8.42 Å². The van der Waals surface area contributed by atoms with Gasteiger partial charge in [0.25, 0.3) is 0 Å². The smallest absolute Gasteiger partial charge is 0.243 e. The van der Waals surface area contributed by atoms with E-state index < -0.39 is 10.0 Å². The molecule has 1 aromatic rings. The zero-order chi connectivity index (χ0) is 16.2. The summed E-state index contributed by atoms with van der Waals surface area (Å²) < 4.78 is 27.0. The number of likely N-dealkylation sites (N-methyl/N-ethyl adjacent to an activating group) is 1. The van der Waals surface area contributed by atoms with Crippen molar-refractivity contribution >= 4 is 27.3 Å². The highest BCUT2D eigenvalue weighted by atomic mass is 35.5. The van der Waals surface area contributed by atoms with Crippen molar-refractivity contribution in [2.24, 2.45) is 5.92 Å². The van der Waals surface area contributed by atoms with Crippen LogP contribution in [0.2, 0.25) is 5.02 Å². The van der Waals surface area contributed by atoms with Crippen molar-refractivity contribution in [2.75, 3.05) is 39.5 Å². The second kappa shape index (κ2) is 7.45. The van der Waals surface area contributed by atoms with Gasteiger partial charge in [0.05, 0.1) is 15.6 Å². The lowest BCUT2D eigenvalue weighted by Crippen LogP contribution is -2.38. The average molecular weight is 334 g/mol. The number of rotatable bonds is 7. The highest BCUT2D eigenvalue weighted by Gasteiger charge is 2.25. The Morgan fingerprint density at radius 1 is 1.24 bits per heavy atom. The van der Waals surface area contributed by atoms with Gasteiger partial charge in [0.15, 0.2) is 0 Å². The maximum Gasteiger partial charge on any atom is 0.243 e. The Hall–Kier alpha value is -0.820. The van der Waals surface area contributed by atoms with E-state index in [4.69, 9.17) is 17.3 Å². The second-order valence-corrected chi connectivity index (χ2v) is 8.09. The van der Waals surface area contributed by atoms with Gasteiger partial charge < -0.3 is 10.6 Å². The maximum atomic E-state index is 12.8. The van der Waals surface area contributed by atoms with Gasteiger partial charge in [-0.25, -0.2) is 8.42 Å². The molecule has 5 nitrogen and oxygen atoms in total. The number of benzene rings is 1. The van der Waals surface area contributed by atoms with Crippen LogP contribution in [0.3, 0.4) is 0 Å². The molecule has 120 valence electrons. The summed E-state index contributed by atoms with van der Waals surface area (Å²) in [6, 6.07) is 4.43. The number of nitrogens with zero attached hydrogens (tertiary/aromatic N) is 2. The van der Waals surface area contributed by atoms with E-state index in [1.54, 1.807) is 0 Å². The summed E-state index contributed by atoms with van der Waals surface area (Å²) in [6.45, 7) is 5.56. The van der Waals surface area contributed by atoms with E-state index in [9.17, 15) is 8.42 Å². The standard InChI is InChI=1S/C14H24ClN3O2S/c1-11(2)10-18(8-7-17(3)4)21(19,20)12-5-6-13(15)14(16)9-12/h5-6,9,11H,7-8,10,16H2,1-4H3. The van der Waals surface area contributed by atoms with E-state index in [1.165, 1.54) is 22.5 Å². The molecular weight excluding hydrogens is 310 g/mol. The lowest BCUT2D eigenvalue weighted by atomic mass is 10.2. The summed E-state index contributed by atoms with van der Waals surface area (Å²) in [7, 11) is 0.271. The van der Waals surface area contributed by atoms with Gasteiger partial charge in [0.1, 0.15) is 0 Å². The maximum absolute atomic E-state index is 12.8. The SMILES string of the molecule is CC(C)CN(CCN(C)C)S(=O)(=O)c1ccc(Cl)c(N)c1. The van der Waals surface area contributed by atoms with Crippen LogP contribution in [0.4, 0.5) is 5.69 Å². The van der Waals surface area contributed by atoms with E-state index in [2.05, 4.69) is 0 Å². The molecule has 0 aliphatic rings. The van der Waals surface area contributed by atoms with Gasteiger partial charge in [0, 0.05) is 19.6 Å². The van der Waals surface area contributed by atoms with Crippen molar-refractivity contribution in [2.45, 2.75) is 18.7 Å². The molecule has 2 N–H and O–H groups in total. The number of nitrogen functional groups attached to an aromatic ring is 1. The summed E-state index contributed by atoms with van der Waals surface area (Å²) in [5.74, 6) is 0.242. The Kier molecular flexibility index (Phi) is 6.46. The molecule has 0 saturated heterocycles. The molecule has 0 aliphatic heterocycles. The minimum Gasteiger partial charge on any atom is -0.397 e. The van der Waals surface area contributed by atoms with Crippen LogP contribution < -0.4 is 5.73 Å². The molecule has 0 aromatic heterocycles. The van der Waals surface area contributed by atoms with Crippen molar-refractivity contribution in [1.29, 1.82) is 0 Å². The number of anilines is 1. The molecule has 0 amide bonds. The molecule has 7 heteroatoms. The van der Waals surface area contributed by atoms with Crippen molar-refractivity contribution in [1.82, 2.24) is 9.21 Å².